The first-order chi connectivity index (χ1) is 4.60. The molecule has 1 unspecified atom stereocenters. The summed E-state index contributed by atoms with van der Waals surface area (Å²) in [6.07, 6.45) is 6.53. The monoisotopic (exact) mass is 141 g/mol. The molecule has 1 nitrogen and oxygen atoms in total. The first-order valence-electron chi connectivity index (χ1n) is 4.39. The van der Waals surface area contributed by atoms with Gasteiger partial charge >= 0.3 is 0 Å². The summed E-state index contributed by atoms with van der Waals surface area (Å²) in [5.41, 5.74) is 6.20. The van der Waals surface area contributed by atoms with Crippen LogP contribution < -0.4 is 5.73 Å². The van der Waals surface area contributed by atoms with Crippen LogP contribution in [0, 0.1) is 5.92 Å². The molecule has 1 aliphatic rings. The SMILES string of the molecule is CC1CCCC[C@@](C)(N)C1. The summed E-state index contributed by atoms with van der Waals surface area (Å²) >= 11 is 0. The standard InChI is InChI=1S/C9H19N/c1-8-5-3-4-6-9(2,10)7-8/h8H,3-7,10H2,1-2H3/t8?,9-/m1/s1. The lowest BCUT2D eigenvalue weighted by atomic mass is 9.90. The van der Waals surface area contributed by atoms with E-state index in [-0.39, 0.29) is 5.54 Å². The zero-order chi connectivity index (χ0) is 7.61. The molecule has 0 heterocycles. The predicted octanol–water partition coefficient (Wildman–Crippen LogP) is 2.30. The molecular weight excluding hydrogens is 122 g/mol. The van der Waals surface area contributed by atoms with Gasteiger partial charge in [0, 0.05) is 5.54 Å². The van der Waals surface area contributed by atoms with E-state index in [0.29, 0.717) is 0 Å². The third-order valence-corrected chi connectivity index (χ3v) is 2.51. The third kappa shape index (κ3) is 2.30. The van der Waals surface area contributed by atoms with Crippen molar-refractivity contribution in [2.24, 2.45) is 11.7 Å². The van der Waals surface area contributed by atoms with E-state index >= 15 is 0 Å². The van der Waals surface area contributed by atoms with E-state index in [1.54, 1.807) is 0 Å². The van der Waals surface area contributed by atoms with E-state index in [2.05, 4.69) is 13.8 Å². The van der Waals surface area contributed by atoms with Crippen LogP contribution in [0.1, 0.15) is 46.0 Å². The van der Waals surface area contributed by atoms with Gasteiger partial charge in [-0.3, -0.25) is 0 Å². The summed E-state index contributed by atoms with van der Waals surface area (Å²) in [6.45, 7) is 4.51. The molecule has 1 heteroatoms. The molecule has 2 atom stereocenters. The van der Waals surface area contributed by atoms with E-state index in [4.69, 9.17) is 5.73 Å². The molecule has 1 aliphatic carbocycles. The Balaban J connectivity index is 2.46. The van der Waals surface area contributed by atoms with E-state index < -0.39 is 0 Å². The smallest absolute Gasteiger partial charge is 0.0128 e. The number of nitrogens with two attached hydrogens (primary N) is 1. The van der Waals surface area contributed by atoms with Crippen LogP contribution in [0.25, 0.3) is 0 Å². The van der Waals surface area contributed by atoms with Gasteiger partial charge in [-0.25, -0.2) is 0 Å². The quantitative estimate of drug-likeness (QED) is 0.515. The van der Waals surface area contributed by atoms with E-state index in [1.807, 2.05) is 0 Å². The van der Waals surface area contributed by atoms with Crippen molar-refractivity contribution in [1.82, 2.24) is 0 Å². The average Bonchev–Trinajstić information content (AvgIpc) is 1.90. The molecule has 0 spiro atoms. The number of hydrogen-bond donors (Lipinski definition) is 1. The van der Waals surface area contributed by atoms with Gasteiger partial charge < -0.3 is 5.73 Å². The first kappa shape index (κ1) is 8.06. The Hall–Kier alpha value is -0.0400. The van der Waals surface area contributed by atoms with Crippen molar-refractivity contribution in [2.45, 2.75) is 51.5 Å². The predicted molar refractivity (Wildman–Crippen MR) is 44.8 cm³/mol. The Morgan fingerprint density at radius 2 is 2.10 bits per heavy atom. The van der Waals surface area contributed by atoms with Crippen LogP contribution in [0.15, 0.2) is 0 Å². The lowest BCUT2D eigenvalue weighted by Gasteiger charge is -2.24. The highest BCUT2D eigenvalue weighted by Crippen LogP contribution is 2.28. The minimum absolute atomic E-state index is 0.135. The number of hydrogen-bond acceptors (Lipinski definition) is 1. The van der Waals surface area contributed by atoms with Crippen molar-refractivity contribution < 1.29 is 0 Å². The molecule has 0 aliphatic heterocycles. The molecule has 0 saturated heterocycles. The Morgan fingerprint density at radius 3 is 2.80 bits per heavy atom. The van der Waals surface area contributed by atoms with Crippen molar-refractivity contribution in [3.8, 4) is 0 Å². The molecule has 1 rings (SSSR count). The van der Waals surface area contributed by atoms with Crippen LogP contribution in [0.2, 0.25) is 0 Å². The molecule has 0 aromatic heterocycles. The lowest BCUT2D eigenvalue weighted by Crippen LogP contribution is -2.36. The second-order valence-corrected chi connectivity index (χ2v) is 4.21. The molecule has 1 saturated carbocycles. The molecule has 0 aromatic rings. The molecule has 60 valence electrons. The second-order valence-electron chi connectivity index (χ2n) is 4.21. The van der Waals surface area contributed by atoms with E-state index in [1.165, 1.54) is 32.1 Å². The van der Waals surface area contributed by atoms with Gasteiger partial charge in [-0.05, 0) is 25.7 Å². The summed E-state index contributed by atoms with van der Waals surface area (Å²) < 4.78 is 0. The van der Waals surface area contributed by atoms with Crippen LogP contribution in [0.3, 0.4) is 0 Å². The maximum Gasteiger partial charge on any atom is 0.0128 e. The summed E-state index contributed by atoms with van der Waals surface area (Å²) in [5.74, 6) is 0.845. The zero-order valence-electron chi connectivity index (χ0n) is 7.19. The van der Waals surface area contributed by atoms with Gasteiger partial charge in [0.1, 0.15) is 0 Å². The topological polar surface area (TPSA) is 26.0 Å². The highest BCUT2D eigenvalue weighted by Gasteiger charge is 2.23. The Morgan fingerprint density at radius 1 is 1.40 bits per heavy atom. The fraction of sp³-hybridized carbons (Fsp3) is 1.00. The van der Waals surface area contributed by atoms with Gasteiger partial charge in [-0.1, -0.05) is 26.2 Å². The highest BCUT2D eigenvalue weighted by atomic mass is 14.7. The highest BCUT2D eigenvalue weighted by molar-refractivity contribution is 4.83. The Kier molecular flexibility index (Phi) is 2.35. The largest absolute Gasteiger partial charge is 0.325 e. The van der Waals surface area contributed by atoms with Gasteiger partial charge in [0.05, 0.1) is 0 Å². The summed E-state index contributed by atoms with van der Waals surface area (Å²) in [7, 11) is 0. The van der Waals surface area contributed by atoms with Crippen molar-refractivity contribution in [1.29, 1.82) is 0 Å². The maximum atomic E-state index is 6.07. The van der Waals surface area contributed by atoms with Crippen LogP contribution in [0.4, 0.5) is 0 Å². The third-order valence-electron chi connectivity index (χ3n) is 2.51. The van der Waals surface area contributed by atoms with Gasteiger partial charge in [-0.15, -0.1) is 0 Å². The van der Waals surface area contributed by atoms with E-state index in [0.717, 1.165) is 5.92 Å². The Labute approximate surface area is 64.0 Å². The molecule has 0 aromatic carbocycles. The molecular formula is C9H19N. The van der Waals surface area contributed by atoms with Gasteiger partial charge in [-0.2, -0.15) is 0 Å². The summed E-state index contributed by atoms with van der Waals surface area (Å²) in [4.78, 5) is 0. The second kappa shape index (κ2) is 2.91. The summed E-state index contributed by atoms with van der Waals surface area (Å²) in [6, 6.07) is 0. The number of rotatable bonds is 0. The zero-order valence-corrected chi connectivity index (χ0v) is 7.19. The minimum atomic E-state index is 0.135. The molecule has 0 amide bonds. The van der Waals surface area contributed by atoms with Gasteiger partial charge in [0.2, 0.25) is 0 Å². The molecule has 2 N–H and O–H groups in total. The van der Waals surface area contributed by atoms with Gasteiger partial charge in [0.25, 0.3) is 0 Å². The van der Waals surface area contributed by atoms with Crippen molar-refractivity contribution in [2.75, 3.05) is 0 Å². The van der Waals surface area contributed by atoms with Crippen molar-refractivity contribution in [3.63, 3.8) is 0 Å². The fourth-order valence-electron chi connectivity index (χ4n) is 2.02. The molecule has 0 radical (unpaired) electrons. The fourth-order valence-corrected chi connectivity index (χ4v) is 2.02. The Bertz CT molecular complexity index is 107. The van der Waals surface area contributed by atoms with Crippen LogP contribution in [0.5, 0.6) is 0 Å². The molecule has 0 bridgehead atoms. The normalized spacial score (nSPS) is 42.9. The van der Waals surface area contributed by atoms with Crippen molar-refractivity contribution in [3.05, 3.63) is 0 Å². The van der Waals surface area contributed by atoms with Crippen LogP contribution in [-0.4, -0.2) is 5.54 Å². The van der Waals surface area contributed by atoms with Crippen LogP contribution in [-0.2, 0) is 0 Å². The molecule has 10 heavy (non-hydrogen) atoms. The average molecular weight is 141 g/mol. The first-order valence-corrected chi connectivity index (χ1v) is 4.39. The minimum Gasteiger partial charge on any atom is -0.325 e. The van der Waals surface area contributed by atoms with E-state index in [9.17, 15) is 0 Å². The van der Waals surface area contributed by atoms with Gasteiger partial charge in [0.15, 0.2) is 0 Å². The van der Waals surface area contributed by atoms with Crippen molar-refractivity contribution >= 4 is 0 Å². The maximum absolute atomic E-state index is 6.07. The summed E-state index contributed by atoms with van der Waals surface area (Å²) in [5, 5.41) is 0. The molecule has 1 fully saturated rings. The van der Waals surface area contributed by atoms with Crippen LogP contribution >= 0.6 is 0 Å². The lowest BCUT2D eigenvalue weighted by molar-refractivity contribution is 0.358.